The van der Waals surface area contributed by atoms with E-state index in [4.69, 9.17) is 0 Å². The minimum atomic E-state index is -5.77. The standard InChI is InChI=1S/C13H9F3O5S/c1-20-12(17)10-4-2-3-8-5-6-9(7-11(8)10)21-22(18,19)13(14,15)16/h2-7H,1H3. The van der Waals surface area contributed by atoms with Crippen molar-refractivity contribution < 1.29 is 35.3 Å². The van der Waals surface area contributed by atoms with Crippen molar-refractivity contribution in [3.63, 3.8) is 0 Å². The first-order valence-electron chi connectivity index (χ1n) is 5.77. The van der Waals surface area contributed by atoms with Crippen LogP contribution < -0.4 is 4.18 Å². The molecule has 2 aromatic carbocycles. The minimum Gasteiger partial charge on any atom is -0.465 e. The smallest absolute Gasteiger partial charge is 0.465 e. The van der Waals surface area contributed by atoms with Gasteiger partial charge in [-0.15, -0.1) is 0 Å². The van der Waals surface area contributed by atoms with Gasteiger partial charge in [-0.1, -0.05) is 18.2 Å². The summed E-state index contributed by atoms with van der Waals surface area (Å²) in [5.74, 6) is -1.26. The van der Waals surface area contributed by atoms with E-state index in [1.54, 1.807) is 12.1 Å². The van der Waals surface area contributed by atoms with Crippen LogP contribution in [-0.2, 0) is 14.9 Å². The molecule has 0 aliphatic heterocycles. The van der Waals surface area contributed by atoms with Gasteiger partial charge in [0, 0.05) is 0 Å². The maximum absolute atomic E-state index is 12.3. The van der Waals surface area contributed by atoms with Crippen molar-refractivity contribution in [1.82, 2.24) is 0 Å². The third-order valence-corrected chi connectivity index (χ3v) is 3.73. The van der Waals surface area contributed by atoms with Gasteiger partial charge in [-0.2, -0.15) is 21.6 Å². The second-order valence-electron chi connectivity index (χ2n) is 4.16. The fraction of sp³-hybridized carbons (Fsp3) is 0.154. The average Bonchev–Trinajstić information content (AvgIpc) is 2.44. The van der Waals surface area contributed by atoms with Gasteiger partial charge in [-0.25, -0.2) is 4.79 Å². The molecule has 0 N–H and O–H groups in total. The zero-order valence-corrected chi connectivity index (χ0v) is 11.9. The van der Waals surface area contributed by atoms with Gasteiger partial charge in [0.2, 0.25) is 0 Å². The van der Waals surface area contributed by atoms with E-state index in [0.29, 0.717) is 5.39 Å². The fourth-order valence-corrected chi connectivity index (χ4v) is 2.22. The third kappa shape index (κ3) is 2.98. The van der Waals surface area contributed by atoms with Crippen LogP contribution >= 0.6 is 0 Å². The Morgan fingerprint density at radius 1 is 1.14 bits per heavy atom. The Balaban J connectivity index is 2.53. The summed E-state index contributed by atoms with van der Waals surface area (Å²) in [5.41, 5.74) is -5.46. The Morgan fingerprint density at radius 2 is 1.82 bits per heavy atom. The molecule has 0 aromatic heterocycles. The van der Waals surface area contributed by atoms with Crippen LogP contribution in [-0.4, -0.2) is 27.0 Å². The molecule has 5 nitrogen and oxygen atoms in total. The Labute approximate surface area is 123 Å². The highest BCUT2D eigenvalue weighted by Crippen LogP contribution is 2.30. The number of rotatable bonds is 3. The van der Waals surface area contributed by atoms with Crippen LogP contribution in [0.15, 0.2) is 36.4 Å². The first kappa shape index (κ1) is 16.1. The number of methoxy groups -OCH3 is 1. The lowest BCUT2D eigenvalue weighted by atomic mass is 10.0. The summed E-state index contributed by atoms with van der Waals surface area (Å²) in [7, 11) is -4.63. The Bertz CT molecular complexity index is 827. The van der Waals surface area contributed by atoms with Crippen molar-refractivity contribution in [1.29, 1.82) is 0 Å². The molecule has 0 heterocycles. The van der Waals surface area contributed by atoms with Crippen molar-refractivity contribution in [2.75, 3.05) is 7.11 Å². The van der Waals surface area contributed by atoms with Gasteiger partial charge in [-0.3, -0.25) is 0 Å². The molecule has 9 heteroatoms. The Morgan fingerprint density at radius 3 is 2.41 bits per heavy atom. The highest BCUT2D eigenvalue weighted by Gasteiger charge is 2.48. The SMILES string of the molecule is COC(=O)c1cccc2ccc(OS(=O)(=O)C(F)(F)F)cc12. The molecule has 0 aliphatic carbocycles. The van der Waals surface area contributed by atoms with E-state index in [0.717, 1.165) is 19.2 Å². The van der Waals surface area contributed by atoms with Crippen molar-refractivity contribution in [2.45, 2.75) is 5.51 Å². The van der Waals surface area contributed by atoms with Crippen LogP contribution in [0.3, 0.4) is 0 Å². The van der Waals surface area contributed by atoms with Crippen molar-refractivity contribution in [3.05, 3.63) is 42.0 Å². The van der Waals surface area contributed by atoms with E-state index in [1.807, 2.05) is 0 Å². The number of benzene rings is 2. The highest BCUT2D eigenvalue weighted by molar-refractivity contribution is 7.88. The molecule has 0 radical (unpaired) electrons. The maximum Gasteiger partial charge on any atom is 0.534 e. The number of fused-ring (bicyclic) bond motifs is 1. The summed E-state index contributed by atoms with van der Waals surface area (Å²) in [6.45, 7) is 0. The predicted molar refractivity (Wildman–Crippen MR) is 70.9 cm³/mol. The fourth-order valence-electron chi connectivity index (χ4n) is 1.77. The number of carbonyl (C=O) groups excluding carboxylic acids is 1. The lowest BCUT2D eigenvalue weighted by Crippen LogP contribution is -2.28. The monoisotopic (exact) mass is 334 g/mol. The highest BCUT2D eigenvalue weighted by atomic mass is 32.2. The van der Waals surface area contributed by atoms with Crippen LogP contribution in [0.4, 0.5) is 13.2 Å². The van der Waals surface area contributed by atoms with Crippen LogP contribution in [0.1, 0.15) is 10.4 Å². The maximum atomic E-state index is 12.3. The molecular formula is C13H9F3O5S. The van der Waals surface area contributed by atoms with Crippen LogP contribution in [0, 0.1) is 0 Å². The van der Waals surface area contributed by atoms with Gasteiger partial charge in [0.25, 0.3) is 0 Å². The summed E-state index contributed by atoms with van der Waals surface area (Å²) >= 11 is 0. The van der Waals surface area contributed by atoms with E-state index in [-0.39, 0.29) is 10.9 Å². The molecule has 0 amide bonds. The molecule has 0 aliphatic rings. The number of hydrogen-bond donors (Lipinski definition) is 0. The molecule has 0 unspecified atom stereocenters. The van der Waals surface area contributed by atoms with Gasteiger partial charge in [0.15, 0.2) is 0 Å². The van der Waals surface area contributed by atoms with Gasteiger partial charge in [0.1, 0.15) is 5.75 Å². The minimum absolute atomic E-state index is 0.0786. The number of esters is 1. The summed E-state index contributed by atoms with van der Waals surface area (Å²) in [6, 6.07) is 7.99. The molecule has 0 saturated heterocycles. The third-order valence-electron chi connectivity index (χ3n) is 2.75. The van der Waals surface area contributed by atoms with E-state index >= 15 is 0 Å². The Hall–Kier alpha value is -2.29. The average molecular weight is 334 g/mol. The molecule has 0 atom stereocenters. The lowest BCUT2D eigenvalue weighted by Gasteiger charge is -2.11. The summed E-state index contributed by atoms with van der Waals surface area (Å²) in [6.07, 6.45) is 0. The van der Waals surface area contributed by atoms with Crippen LogP contribution in [0.2, 0.25) is 0 Å². The first-order valence-corrected chi connectivity index (χ1v) is 7.18. The topological polar surface area (TPSA) is 69.7 Å². The normalized spacial score (nSPS) is 12.2. The van der Waals surface area contributed by atoms with Gasteiger partial charge in [0.05, 0.1) is 12.7 Å². The summed E-state index contributed by atoms with van der Waals surface area (Å²) in [5, 5.41) is 0.726. The van der Waals surface area contributed by atoms with E-state index < -0.39 is 27.3 Å². The molecule has 0 spiro atoms. The molecule has 0 bridgehead atoms. The Kier molecular flexibility index (Phi) is 4.01. The number of halogens is 3. The van der Waals surface area contributed by atoms with E-state index in [9.17, 15) is 26.4 Å². The zero-order valence-electron chi connectivity index (χ0n) is 11.0. The molecule has 2 aromatic rings. The zero-order chi connectivity index (χ0) is 16.5. The first-order chi connectivity index (χ1) is 10.2. The number of ether oxygens (including phenoxy) is 1. The van der Waals surface area contributed by atoms with Crippen molar-refractivity contribution in [3.8, 4) is 5.75 Å². The van der Waals surface area contributed by atoms with Gasteiger partial charge < -0.3 is 8.92 Å². The molecule has 0 saturated carbocycles. The summed E-state index contributed by atoms with van der Waals surface area (Å²) in [4.78, 5) is 11.6. The van der Waals surface area contributed by atoms with Crippen LogP contribution in [0.5, 0.6) is 5.75 Å². The second kappa shape index (κ2) is 5.48. The molecule has 118 valence electrons. The quantitative estimate of drug-likeness (QED) is 0.490. The van der Waals surface area contributed by atoms with Gasteiger partial charge in [-0.05, 0) is 29.0 Å². The molecule has 22 heavy (non-hydrogen) atoms. The van der Waals surface area contributed by atoms with Crippen molar-refractivity contribution >= 4 is 26.9 Å². The molecular weight excluding hydrogens is 325 g/mol. The summed E-state index contributed by atoms with van der Waals surface area (Å²) < 4.78 is 67.5. The number of hydrogen-bond acceptors (Lipinski definition) is 5. The van der Waals surface area contributed by atoms with E-state index in [1.165, 1.54) is 12.1 Å². The largest absolute Gasteiger partial charge is 0.534 e. The number of alkyl halides is 3. The molecule has 0 fully saturated rings. The van der Waals surface area contributed by atoms with Gasteiger partial charge >= 0.3 is 21.6 Å². The number of carbonyl (C=O) groups is 1. The predicted octanol–water partition coefficient (Wildman–Crippen LogP) is 2.85. The van der Waals surface area contributed by atoms with E-state index in [2.05, 4.69) is 8.92 Å². The molecule has 2 rings (SSSR count). The van der Waals surface area contributed by atoms with Crippen molar-refractivity contribution in [2.24, 2.45) is 0 Å². The lowest BCUT2D eigenvalue weighted by molar-refractivity contribution is -0.0500. The van der Waals surface area contributed by atoms with Crippen LogP contribution in [0.25, 0.3) is 10.8 Å². The second-order valence-corrected chi connectivity index (χ2v) is 5.70.